The van der Waals surface area contributed by atoms with Crippen molar-refractivity contribution < 1.29 is 22.7 Å². The maximum Gasteiger partial charge on any atom is 0.308 e. The number of aliphatic carboxylic acids is 1. The Hall–Kier alpha value is -1.90. The highest BCUT2D eigenvalue weighted by atomic mass is 32.2. The lowest BCUT2D eigenvalue weighted by Crippen LogP contribution is -2.49. The summed E-state index contributed by atoms with van der Waals surface area (Å²) in [5, 5.41) is 9.60. The van der Waals surface area contributed by atoms with Crippen molar-refractivity contribution in [3.05, 3.63) is 65.5 Å². The third-order valence-electron chi connectivity index (χ3n) is 5.86. The Labute approximate surface area is 194 Å². The van der Waals surface area contributed by atoms with Gasteiger partial charge in [-0.1, -0.05) is 49.7 Å². The molecular formula is C24H30FNO4S2. The fraction of sp³-hybridized carbons (Fsp3) is 0.458. The average molecular weight is 480 g/mol. The number of hydrogen-bond acceptors (Lipinski definition) is 4. The molecule has 2 aromatic rings. The van der Waals surface area contributed by atoms with E-state index in [1.54, 1.807) is 42.1 Å². The molecule has 8 heteroatoms. The van der Waals surface area contributed by atoms with E-state index in [2.05, 4.69) is 13.8 Å². The summed E-state index contributed by atoms with van der Waals surface area (Å²) in [6, 6.07) is 11.8. The van der Waals surface area contributed by atoms with Crippen molar-refractivity contribution in [1.29, 1.82) is 0 Å². The lowest BCUT2D eigenvalue weighted by atomic mass is 9.90. The van der Waals surface area contributed by atoms with Crippen LogP contribution in [0.4, 0.5) is 4.39 Å². The summed E-state index contributed by atoms with van der Waals surface area (Å²) in [7, 11) is -4.02. The molecule has 0 radical (unpaired) electrons. The number of piperidine rings is 1. The van der Waals surface area contributed by atoms with Crippen molar-refractivity contribution in [3.8, 4) is 0 Å². The first kappa shape index (κ1) is 24.7. The first-order valence-electron chi connectivity index (χ1n) is 10.8. The molecule has 0 saturated carbocycles. The van der Waals surface area contributed by atoms with Crippen LogP contribution in [-0.4, -0.2) is 41.3 Å². The Bertz CT molecular complexity index is 1040. The highest BCUT2D eigenvalue weighted by molar-refractivity contribution is 7.99. The van der Waals surface area contributed by atoms with Gasteiger partial charge in [0, 0.05) is 17.4 Å². The molecule has 0 unspecified atom stereocenters. The van der Waals surface area contributed by atoms with Gasteiger partial charge in [-0.3, -0.25) is 4.79 Å². The van der Waals surface area contributed by atoms with E-state index in [0.717, 1.165) is 17.7 Å². The standard InChI is InChI=1S/C24H30FNO4S2/c1-16(2)12-13-31-23-14-22(19-6-4-5-7-21(19)25)26(15-20(23)24(27)28)32(29,30)18-10-8-17(3)9-11-18/h4-11,16,20,22-23H,12-15H2,1-3H3,(H,27,28)/t20-,22+,23-/m1/s1. The van der Waals surface area contributed by atoms with Crippen LogP contribution in [0, 0.1) is 24.6 Å². The van der Waals surface area contributed by atoms with Crippen molar-refractivity contribution >= 4 is 27.8 Å². The van der Waals surface area contributed by atoms with Crippen LogP contribution >= 0.6 is 11.8 Å². The van der Waals surface area contributed by atoms with E-state index in [1.807, 2.05) is 6.92 Å². The molecule has 0 aromatic heterocycles. The summed E-state index contributed by atoms with van der Waals surface area (Å²) in [5.74, 6) is -1.11. The Balaban J connectivity index is 2.02. The Morgan fingerprint density at radius 1 is 1.19 bits per heavy atom. The fourth-order valence-electron chi connectivity index (χ4n) is 3.96. The number of aryl methyl sites for hydroxylation is 1. The minimum absolute atomic E-state index is 0.0829. The topological polar surface area (TPSA) is 74.7 Å². The molecule has 1 saturated heterocycles. The third kappa shape index (κ3) is 5.53. The minimum atomic E-state index is -4.02. The number of carboxylic acids is 1. The van der Waals surface area contributed by atoms with Gasteiger partial charge in [0.2, 0.25) is 10.0 Å². The Morgan fingerprint density at radius 3 is 2.44 bits per heavy atom. The van der Waals surface area contributed by atoms with Gasteiger partial charge < -0.3 is 5.11 Å². The third-order valence-corrected chi connectivity index (χ3v) is 9.17. The summed E-state index contributed by atoms with van der Waals surface area (Å²) in [5.41, 5.74) is 1.19. The first-order valence-corrected chi connectivity index (χ1v) is 13.3. The second-order valence-corrected chi connectivity index (χ2v) is 11.9. The van der Waals surface area contributed by atoms with Crippen LogP contribution in [0.15, 0.2) is 53.4 Å². The predicted octanol–water partition coefficient (Wildman–Crippen LogP) is 5.12. The lowest BCUT2D eigenvalue weighted by Gasteiger charge is -2.42. The van der Waals surface area contributed by atoms with Crippen LogP contribution in [0.5, 0.6) is 0 Å². The minimum Gasteiger partial charge on any atom is -0.481 e. The fourth-order valence-corrected chi connectivity index (χ4v) is 7.26. The number of sulfonamides is 1. The maximum absolute atomic E-state index is 14.8. The number of hydrogen-bond donors (Lipinski definition) is 1. The molecule has 3 rings (SSSR count). The first-order chi connectivity index (χ1) is 15.1. The van der Waals surface area contributed by atoms with Crippen LogP contribution in [0.1, 0.15) is 43.9 Å². The summed E-state index contributed by atoms with van der Waals surface area (Å²) < 4.78 is 43.1. The quantitative estimate of drug-likeness (QED) is 0.569. The molecule has 174 valence electrons. The molecule has 0 spiro atoms. The smallest absolute Gasteiger partial charge is 0.308 e. The molecule has 3 atom stereocenters. The van der Waals surface area contributed by atoms with Crippen molar-refractivity contribution in [1.82, 2.24) is 4.31 Å². The van der Waals surface area contributed by atoms with Gasteiger partial charge in [-0.15, -0.1) is 0 Å². The number of nitrogens with zero attached hydrogens (tertiary/aromatic N) is 1. The SMILES string of the molecule is Cc1ccc(S(=O)(=O)N2C[C@@H](C(=O)O)[C@H](SCCC(C)C)C[C@H]2c2ccccc2F)cc1. The van der Waals surface area contributed by atoms with Gasteiger partial charge >= 0.3 is 5.97 Å². The van der Waals surface area contributed by atoms with Gasteiger partial charge in [-0.05, 0) is 49.6 Å². The van der Waals surface area contributed by atoms with E-state index in [0.29, 0.717) is 5.92 Å². The second kappa shape index (κ2) is 10.4. The van der Waals surface area contributed by atoms with Crippen LogP contribution in [0.3, 0.4) is 0 Å². The largest absolute Gasteiger partial charge is 0.481 e. The van der Waals surface area contributed by atoms with Crippen molar-refractivity contribution in [3.63, 3.8) is 0 Å². The van der Waals surface area contributed by atoms with E-state index in [-0.39, 0.29) is 28.7 Å². The van der Waals surface area contributed by atoms with Gasteiger partial charge in [0.25, 0.3) is 0 Å². The Morgan fingerprint density at radius 2 is 1.84 bits per heavy atom. The number of benzene rings is 2. The summed E-state index contributed by atoms with van der Waals surface area (Å²) in [6.07, 6.45) is 1.18. The summed E-state index contributed by atoms with van der Waals surface area (Å²) >= 11 is 1.55. The van der Waals surface area contributed by atoms with Crippen molar-refractivity contribution in [2.75, 3.05) is 12.3 Å². The van der Waals surface area contributed by atoms with Crippen molar-refractivity contribution in [2.45, 2.75) is 49.8 Å². The van der Waals surface area contributed by atoms with Crippen LogP contribution < -0.4 is 0 Å². The maximum atomic E-state index is 14.8. The van der Waals surface area contributed by atoms with E-state index in [4.69, 9.17) is 0 Å². The highest BCUT2D eigenvalue weighted by Gasteiger charge is 2.45. The number of carbonyl (C=O) groups is 1. The molecule has 1 fully saturated rings. The number of thioether (sulfide) groups is 1. The van der Waals surface area contributed by atoms with Gasteiger partial charge in [-0.25, -0.2) is 12.8 Å². The molecule has 0 bridgehead atoms. The summed E-state index contributed by atoms with van der Waals surface area (Å²) in [6.45, 7) is 5.88. The number of halogens is 1. The molecule has 0 amide bonds. The molecule has 1 aliphatic rings. The number of rotatable bonds is 8. The Kier molecular flexibility index (Phi) is 8.01. The normalized spacial score (nSPS) is 22.2. The zero-order valence-electron chi connectivity index (χ0n) is 18.6. The molecule has 1 aliphatic heterocycles. The van der Waals surface area contributed by atoms with Crippen LogP contribution in [-0.2, 0) is 14.8 Å². The van der Waals surface area contributed by atoms with Gasteiger partial charge in [-0.2, -0.15) is 16.1 Å². The molecule has 1 heterocycles. The molecule has 5 nitrogen and oxygen atoms in total. The predicted molar refractivity (Wildman–Crippen MR) is 126 cm³/mol. The molecule has 2 aromatic carbocycles. The zero-order valence-corrected chi connectivity index (χ0v) is 20.2. The molecular weight excluding hydrogens is 449 g/mol. The average Bonchev–Trinajstić information content (AvgIpc) is 2.73. The van der Waals surface area contributed by atoms with Gasteiger partial charge in [0.15, 0.2) is 0 Å². The van der Waals surface area contributed by atoms with Crippen LogP contribution in [0.25, 0.3) is 0 Å². The lowest BCUT2D eigenvalue weighted by molar-refractivity contribution is -0.143. The van der Waals surface area contributed by atoms with Gasteiger partial charge in [0.1, 0.15) is 5.82 Å². The summed E-state index contributed by atoms with van der Waals surface area (Å²) in [4.78, 5) is 12.2. The number of carboxylic acid groups (broad SMARTS) is 1. The zero-order chi connectivity index (χ0) is 23.5. The van der Waals surface area contributed by atoms with Crippen molar-refractivity contribution in [2.24, 2.45) is 11.8 Å². The highest BCUT2D eigenvalue weighted by Crippen LogP contribution is 2.43. The molecule has 0 aliphatic carbocycles. The van der Waals surface area contributed by atoms with E-state index >= 15 is 0 Å². The van der Waals surface area contributed by atoms with Crippen LogP contribution in [0.2, 0.25) is 0 Å². The molecule has 32 heavy (non-hydrogen) atoms. The van der Waals surface area contributed by atoms with E-state index in [1.165, 1.54) is 22.5 Å². The monoisotopic (exact) mass is 479 g/mol. The molecule has 1 N–H and O–H groups in total. The second-order valence-electron chi connectivity index (χ2n) is 8.70. The van der Waals surface area contributed by atoms with E-state index in [9.17, 15) is 22.7 Å². The van der Waals surface area contributed by atoms with E-state index < -0.39 is 33.8 Å². The van der Waals surface area contributed by atoms with Gasteiger partial charge in [0.05, 0.1) is 16.9 Å².